The molecule has 0 aliphatic carbocycles. The van der Waals surface area contributed by atoms with E-state index >= 15 is 0 Å². The molecule has 0 aliphatic heterocycles. The Morgan fingerprint density at radius 1 is 0.897 bits per heavy atom. The third-order valence-electron chi connectivity index (χ3n) is 4.56. The predicted molar refractivity (Wildman–Crippen MR) is 118 cm³/mol. The van der Waals surface area contributed by atoms with Gasteiger partial charge in [-0.05, 0) is 51.8 Å². The lowest BCUT2D eigenvalue weighted by molar-refractivity contribution is -0.131. The van der Waals surface area contributed by atoms with E-state index in [1.807, 2.05) is 24.3 Å². The maximum Gasteiger partial charge on any atom is 0.328 e. The number of carbonyl (C=O) groups is 1. The monoisotopic (exact) mass is 396 g/mol. The highest BCUT2D eigenvalue weighted by Gasteiger charge is 2.23. The summed E-state index contributed by atoms with van der Waals surface area (Å²) in [6.45, 7) is 14.1. The van der Waals surface area contributed by atoms with Crippen molar-refractivity contribution in [1.82, 2.24) is 0 Å². The Kier molecular flexibility index (Phi) is 7.12. The molecule has 0 fully saturated rings. The first kappa shape index (κ1) is 22.5. The van der Waals surface area contributed by atoms with Crippen molar-refractivity contribution in [1.29, 1.82) is 0 Å². The van der Waals surface area contributed by atoms with Crippen molar-refractivity contribution in [3.8, 4) is 11.5 Å². The van der Waals surface area contributed by atoms with Gasteiger partial charge in [0.05, 0.1) is 0 Å². The van der Waals surface area contributed by atoms with Gasteiger partial charge in [-0.1, -0.05) is 65.8 Å². The van der Waals surface area contributed by atoms with Crippen molar-refractivity contribution >= 4 is 12.0 Å². The van der Waals surface area contributed by atoms with Crippen molar-refractivity contribution in [2.75, 3.05) is 13.2 Å². The summed E-state index contributed by atoms with van der Waals surface area (Å²) < 4.78 is 11.8. The fraction of sp³-hybridized carbons (Fsp3) is 0.400. The van der Waals surface area contributed by atoms with Crippen LogP contribution >= 0.6 is 0 Å². The summed E-state index contributed by atoms with van der Waals surface area (Å²) in [6, 6.07) is 13.7. The van der Waals surface area contributed by atoms with Crippen molar-refractivity contribution < 1.29 is 19.4 Å². The highest BCUT2D eigenvalue weighted by atomic mass is 16.5. The first-order chi connectivity index (χ1) is 13.5. The van der Waals surface area contributed by atoms with E-state index in [1.165, 1.54) is 11.1 Å². The average molecular weight is 397 g/mol. The van der Waals surface area contributed by atoms with E-state index in [-0.39, 0.29) is 10.8 Å². The van der Waals surface area contributed by atoms with Crippen LogP contribution in [0.4, 0.5) is 0 Å². The molecule has 0 saturated heterocycles. The molecule has 29 heavy (non-hydrogen) atoms. The lowest BCUT2D eigenvalue weighted by atomic mass is 9.80. The van der Waals surface area contributed by atoms with Gasteiger partial charge in [-0.25, -0.2) is 4.79 Å². The van der Waals surface area contributed by atoms with E-state index in [1.54, 1.807) is 6.08 Å². The minimum absolute atomic E-state index is 0.0171. The molecule has 0 atom stereocenters. The summed E-state index contributed by atoms with van der Waals surface area (Å²) in [5.41, 5.74) is 3.37. The van der Waals surface area contributed by atoms with Gasteiger partial charge in [0.15, 0.2) is 0 Å². The van der Waals surface area contributed by atoms with Crippen LogP contribution in [0, 0.1) is 0 Å². The van der Waals surface area contributed by atoms with Gasteiger partial charge in [0.25, 0.3) is 0 Å². The molecule has 4 heteroatoms. The lowest BCUT2D eigenvalue weighted by Crippen LogP contribution is -2.18. The second-order valence-corrected chi connectivity index (χ2v) is 9.15. The van der Waals surface area contributed by atoms with E-state index < -0.39 is 5.97 Å². The third-order valence-corrected chi connectivity index (χ3v) is 4.56. The maximum atomic E-state index is 10.6. The number of aliphatic carboxylic acids is 1. The van der Waals surface area contributed by atoms with Crippen LogP contribution in [0.1, 0.15) is 58.2 Å². The zero-order valence-electron chi connectivity index (χ0n) is 18.3. The maximum absolute atomic E-state index is 10.6. The molecular formula is C25H32O4. The molecule has 0 aliphatic rings. The molecule has 0 amide bonds. The number of carboxylic acids is 1. The first-order valence-corrected chi connectivity index (χ1v) is 9.88. The van der Waals surface area contributed by atoms with Crippen LogP contribution in [0.25, 0.3) is 6.08 Å². The first-order valence-electron chi connectivity index (χ1n) is 9.88. The number of benzene rings is 2. The highest BCUT2D eigenvalue weighted by molar-refractivity contribution is 5.85. The van der Waals surface area contributed by atoms with Crippen LogP contribution in [0.3, 0.4) is 0 Å². The summed E-state index contributed by atoms with van der Waals surface area (Å²) in [4.78, 5) is 10.6. The second-order valence-electron chi connectivity index (χ2n) is 9.15. The summed E-state index contributed by atoms with van der Waals surface area (Å²) in [5.74, 6) is 0.649. The molecule has 0 spiro atoms. The Bertz CT molecular complexity index is 850. The Hall–Kier alpha value is -2.75. The standard InChI is InChI=1S/C25H32O4/c1-24(2,3)19-10-13-22(21(17-19)25(4,5)6)29-16-15-28-20-11-7-18(8-12-20)9-14-23(26)27/h7-14,17H,15-16H2,1-6H3,(H,26,27). The molecule has 1 N–H and O–H groups in total. The molecule has 0 unspecified atom stereocenters. The summed E-state index contributed by atoms with van der Waals surface area (Å²) >= 11 is 0. The summed E-state index contributed by atoms with van der Waals surface area (Å²) in [6.07, 6.45) is 2.66. The van der Waals surface area contributed by atoms with Gasteiger partial charge < -0.3 is 14.6 Å². The third kappa shape index (κ3) is 6.97. The van der Waals surface area contributed by atoms with Gasteiger partial charge in [0.2, 0.25) is 0 Å². The van der Waals surface area contributed by atoms with Crippen molar-refractivity contribution in [3.05, 3.63) is 65.2 Å². The molecule has 4 nitrogen and oxygen atoms in total. The largest absolute Gasteiger partial charge is 0.490 e. The van der Waals surface area contributed by atoms with Gasteiger partial charge in [-0.15, -0.1) is 0 Å². The minimum Gasteiger partial charge on any atom is -0.490 e. The molecule has 2 rings (SSSR count). The van der Waals surface area contributed by atoms with Gasteiger partial charge in [-0.3, -0.25) is 0 Å². The number of rotatable bonds is 7. The fourth-order valence-corrected chi connectivity index (χ4v) is 2.86. The van der Waals surface area contributed by atoms with Crippen LogP contribution in [0.5, 0.6) is 11.5 Å². The zero-order valence-corrected chi connectivity index (χ0v) is 18.3. The van der Waals surface area contributed by atoms with E-state index in [0.29, 0.717) is 13.2 Å². The van der Waals surface area contributed by atoms with Gasteiger partial charge in [0.1, 0.15) is 24.7 Å². The fourth-order valence-electron chi connectivity index (χ4n) is 2.86. The topological polar surface area (TPSA) is 55.8 Å². The van der Waals surface area contributed by atoms with Crippen LogP contribution in [-0.4, -0.2) is 24.3 Å². The Morgan fingerprint density at radius 2 is 1.52 bits per heavy atom. The SMILES string of the molecule is CC(C)(C)c1ccc(OCCOc2ccc(C=CC(=O)O)cc2)c(C(C)(C)C)c1. The second kappa shape index (κ2) is 9.17. The number of hydrogen-bond acceptors (Lipinski definition) is 3. The Labute approximate surface area is 174 Å². The molecular weight excluding hydrogens is 364 g/mol. The highest BCUT2D eigenvalue weighted by Crippen LogP contribution is 2.35. The smallest absolute Gasteiger partial charge is 0.328 e. The lowest BCUT2D eigenvalue weighted by Gasteiger charge is -2.27. The molecule has 2 aromatic rings. The summed E-state index contributed by atoms with van der Waals surface area (Å²) in [5, 5.41) is 8.67. The van der Waals surface area contributed by atoms with E-state index in [4.69, 9.17) is 14.6 Å². The molecule has 0 aromatic heterocycles. The average Bonchev–Trinajstić information content (AvgIpc) is 2.63. The normalized spacial score (nSPS) is 12.2. The Balaban J connectivity index is 1.97. The van der Waals surface area contributed by atoms with Gasteiger partial charge in [0, 0.05) is 6.08 Å². The molecule has 0 heterocycles. The predicted octanol–water partition coefficient (Wildman–Crippen LogP) is 5.84. The quantitative estimate of drug-likeness (QED) is 0.472. The van der Waals surface area contributed by atoms with Crippen molar-refractivity contribution in [3.63, 3.8) is 0 Å². The molecule has 156 valence electrons. The summed E-state index contributed by atoms with van der Waals surface area (Å²) in [7, 11) is 0. The molecule has 0 bridgehead atoms. The van der Waals surface area contributed by atoms with E-state index in [2.05, 4.69) is 59.7 Å². The van der Waals surface area contributed by atoms with Crippen LogP contribution < -0.4 is 9.47 Å². The molecule has 2 aromatic carbocycles. The number of carboxylic acid groups (broad SMARTS) is 1. The van der Waals surface area contributed by atoms with Gasteiger partial charge >= 0.3 is 5.97 Å². The Morgan fingerprint density at radius 3 is 2.07 bits per heavy atom. The van der Waals surface area contributed by atoms with E-state index in [0.717, 1.165) is 23.1 Å². The van der Waals surface area contributed by atoms with Crippen LogP contribution in [-0.2, 0) is 15.6 Å². The van der Waals surface area contributed by atoms with Gasteiger partial charge in [-0.2, -0.15) is 0 Å². The minimum atomic E-state index is -0.965. The van der Waals surface area contributed by atoms with Crippen LogP contribution in [0.15, 0.2) is 48.5 Å². The van der Waals surface area contributed by atoms with Crippen molar-refractivity contribution in [2.24, 2.45) is 0 Å². The van der Waals surface area contributed by atoms with E-state index in [9.17, 15) is 4.79 Å². The number of ether oxygens (including phenoxy) is 2. The number of hydrogen-bond donors (Lipinski definition) is 1. The molecule has 0 radical (unpaired) electrons. The zero-order chi connectivity index (χ0) is 21.7. The van der Waals surface area contributed by atoms with Crippen LogP contribution in [0.2, 0.25) is 0 Å². The van der Waals surface area contributed by atoms with Crippen molar-refractivity contribution in [2.45, 2.75) is 52.4 Å². The molecule has 0 saturated carbocycles.